The van der Waals surface area contributed by atoms with Gasteiger partial charge in [-0.15, -0.1) is 11.3 Å². The maximum Gasteiger partial charge on any atom is 0.357 e. The van der Waals surface area contributed by atoms with Crippen molar-refractivity contribution < 1.29 is 14.3 Å². The number of rotatable bonds is 6. The molecule has 0 radical (unpaired) electrons. The van der Waals surface area contributed by atoms with Gasteiger partial charge in [0.05, 0.1) is 12.7 Å². The molecule has 0 aliphatic rings. The van der Waals surface area contributed by atoms with Gasteiger partial charge in [-0.1, -0.05) is 54.6 Å². The Bertz CT molecular complexity index is 988. The van der Waals surface area contributed by atoms with Crippen molar-refractivity contribution in [3.05, 3.63) is 76.2 Å². The number of hydrogen-bond acceptors (Lipinski definition) is 6. The van der Waals surface area contributed by atoms with Gasteiger partial charge in [-0.2, -0.15) is 5.26 Å². The Labute approximate surface area is 160 Å². The van der Waals surface area contributed by atoms with Gasteiger partial charge in [-0.05, 0) is 18.1 Å². The van der Waals surface area contributed by atoms with E-state index in [0.717, 1.165) is 22.5 Å². The molecular formula is C21H16N2O3S. The fourth-order valence-corrected chi connectivity index (χ4v) is 3.40. The zero-order valence-electron chi connectivity index (χ0n) is 14.6. The average Bonchev–Trinajstić information content (AvgIpc) is 3.19. The molecule has 0 N–H and O–H groups in total. The standard InChI is InChI=1S/C21H16N2O3S/c1-2-26-21(25)18-13-27-20(23-18)17(12-22)19(24)16-10-8-15(9-11-16)14-6-4-3-5-7-14/h3-11,13,17H,2H2,1H3. The highest BCUT2D eigenvalue weighted by Crippen LogP contribution is 2.26. The predicted molar refractivity (Wildman–Crippen MR) is 103 cm³/mol. The van der Waals surface area contributed by atoms with Crippen LogP contribution in [0.5, 0.6) is 0 Å². The summed E-state index contributed by atoms with van der Waals surface area (Å²) >= 11 is 1.10. The number of Topliss-reactive ketones (excluding diaryl/α,β-unsaturated/α-hetero) is 1. The number of benzene rings is 2. The van der Waals surface area contributed by atoms with E-state index in [1.165, 1.54) is 5.38 Å². The van der Waals surface area contributed by atoms with Crippen molar-refractivity contribution in [2.75, 3.05) is 6.61 Å². The second kappa shape index (κ2) is 8.39. The Morgan fingerprint density at radius 3 is 2.41 bits per heavy atom. The fourth-order valence-electron chi connectivity index (χ4n) is 2.57. The summed E-state index contributed by atoms with van der Waals surface area (Å²) in [4.78, 5) is 28.6. The lowest BCUT2D eigenvalue weighted by Crippen LogP contribution is -2.12. The van der Waals surface area contributed by atoms with Gasteiger partial charge in [0, 0.05) is 10.9 Å². The maximum absolute atomic E-state index is 12.8. The minimum absolute atomic E-state index is 0.115. The first kappa shape index (κ1) is 18.5. The Balaban J connectivity index is 1.81. The molecule has 0 amide bonds. The summed E-state index contributed by atoms with van der Waals surface area (Å²) in [6.45, 7) is 1.94. The highest BCUT2D eigenvalue weighted by atomic mass is 32.1. The fraction of sp³-hybridized carbons (Fsp3) is 0.143. The Hall–Kier alpha value is -3.30. The molecule has 3 rings (SSSR count). The molecule has 0 bridgehead atoms. The smallest absolute Gasteiger partial charge is 0.357 e. The lowest BCUT2D eigenvalue weighted by Gasteiger charge is -2.07. The van der Waals surface area contributed by atoms with Crippen LogP contribution in [-0.2, 0) is 4.74 Å². The van der Waals surface area contributed by atoms with Gasteiger partial charge < -0.3 is 4.74 Å². The monoisotopic (exact) mass is 376 g/mol. The molecule has 3 aromatic rings. The molecule has 1 unspecified atom stereocenters. The first-order chi connectivity index (χ1) is 13.1. The summed E-state index contributed by atoms with van der Waals surface area (Å²) in [6, 6.07) is 18.9. The van der Waals surface area contributed by atoms with Crippen molar-refractivity contribution in [3.63, 3.8) is 0 Å². The van der Waals surface area contributed by atoms with Crippen LogP contribution < -0.4 is 0 Å². The molecule has 0 saturated carbocycles. The number of aromatic nitrogens is 1. The van der Waals surface area contributed by atoms with E-state index < -0.39 is 11.9 Å². The SMILES string of the molecule is CCOC(=O)c1csc(C(C#N)C(=O)c2ccc(-c3ccccc3)cc2)n1. The van der Waals surface area contributed by atoms with Crippen LogP contribution in [0.1, 0.15) is 38.7 Å². The second-order valence-electron chi connectivity index (χ2n) is 5.66. The molecule has 0 fully saturated rings. The van der Waals surface area contributed by atoms with Gasteiger partial charge >= 0.3 is 5.97 Å². The lowest BCUT2D eigenvalue weighted by molar-refractivity contribution is 0.0519. The van der Waals surface area contributed by atoms with Crippen LogP contribution in [0.4, 0.5) is 0 Å². The van der Waals surface area contributed by atoms with E-state index in [4.69, 9.17) is 4.74 Å². The molecule has 0 saturated heterocycles. The largest absolute Gasteiger partial charge is 0.461 e. The van der Waals surface area contributed by atoms with E-state index in [1.54, 1.807) is 19.1 Å². The average molecular weight is 376 g/mol. The summed E-state index contributed by atoms with van der Waals surface area (Å²) in [6.07, 6.45) is 0. The van der Waals surface area contributed by atoms with Gasteiger partial charge in [-0.3, -0.25) is 4.79 Å². The third-order valence-corrected chi connectivity index (χ3v) is 4.83. The molecule has 6 heteroatoms. The van der Waals surface area contributed by atoms with E-state index in [1.807, 2.05) is 48.5 Å². The van der Waals surface area contributed by atoms with Crippen molar-refractivity contribution in [1.29, 1.82) is 5.26 Å². The maximum atomic E-state index is 12.8. The molecule has 0 spiro atoms. The van der Waals surface area contributed by atoms with Crippen LogP contribution in [0.25, 0.3) is 11.1 Å². The molecule has 27 heavy (non-hydrogen) atoms. The van der Waals surface area contributed by atoms with Gasteiger partial charge in [-0.25, -0.2) is 9.78 Å². The molecule has 1 atom stereocenters. The molecule has 134 valence electrons. The molecule has 1 heterocycles. The van der Waals surface area contributed by atoms with Gasteiger partial charge in [0.1, 0.15) is 5.01 Å². The van der Waals surface area contributed by atoms with Crippen LogP contribution >= 0.6 is 11.3 Å². The first-order valence-electron chi connectivity index (χ1n) is 8.36. The van der Waals surface area contributed by atoms with E-state index in [9.17, 15) is 14.9 Å². The third kappa shape index (κ3) is 4.10. The molecule has 0 aliphatic heterocycles. The topological polar surface area (TPSA) is 80.0 Å². The summed E-state index contributed by atoms with van der Waals surface area (Å²) < 4.78 is 4.89. The number of ketones is 1. The highest BCUT2D eigenvalue weighted by Gasteiger charge is 2.26. The number of hydrogen-bond donors (Lipinski definition) is 0. The van der Waals surface area contributed by atoms with Crippen LogP contribution in [-0.4, -0.2) is 23.3 Å². The van der Waals surface area contributed by atoms with E-state index in [0.29, 0.717) is 5.56 Å². The lowest BCUT2D eigenvalue weighted by atomic mass is 9.97. The summed E-state index contributed by atoms with van der Waals surface area (Å²) in [5, 5.41) is 11.3. The summed E-state index contributed by atoms with van der Waals surface area (Å²) in [5.41, 5.74) is 2.57. The zero-order valence-corrected chi connectivity index (χ0v) is 15.4. The number of thiazole rings is 1. The number of ether oxygens (including phenoxy) is 1. The third-order valence-electron chi connectivity index (χ3n) is 3.92. The number of carbonyl (C=O) groups is 2. The number of nitriles is 1. The first-order valence-corrected chi connectivity index (χ1v) is 9.24. The van der Waals surface area contributed by atoms with E-state index >= 15 is 0 Å². The second-order valence-corrected chi connectivity index (χ2v) is 6.55. The van der Waals surface area contributed by atoms with Crippen molar-refractivity contribution >= 4 is 23.1 Å². The number of esters is 1. The van der Waals surface area contributed by atoms with Crippen molar-refractivity contribution in [2.45, 2.75) is 12.8 Å². The zero-order chi connectivity index (χ0) is 19.2. The van der Waals surface area contributed by atoms with Gasteiger partial charge in [0.15, 0.2) is 17.4 Å². The Morgan fingerprint density at radius 2 is 1.78 bits per heavy atom. The molecule has 0 aliphatic carbocycles. The highest BCUT2D eigenvalue weighted by molar-refractivity contribution is 7.10. The molecule has 2 aromatic carbocycles. The quantitative estimate of drug-likeness (QED) is 0.468. The van der Waals surface area contributed by atoms with Gasteiger partial charge in [0.2, 0.25) is 0 Å². The van der Waals surface area contributed by atoms with Crippen LogP contribution in [0.2, 0.25) is 0 Å². The van der Waals surface area contributed by atoms with E-state index in [-0.39, 0.29) is 23.1 Å². The number of carbonyl (C=O) groups excluding carboxylic acids is 2. The van der Waals surface area contributed by atoms with Crippen molar-refractivity contribution in [3.8, 4) is 17.2 Å². The summed E-state index contributed by atoms with van der Waals surface area (Å²) in [5.74, 6) is -1.96. The predicted octanol–water partition coefficient (Wildman–Crippen LogP) is 4.48. The molecule has 1 aromatic heterocycles. The minimum atomic E-state index is -1.05. The Morgan fingerprint density at radius 1 is 1.11 bits per heavy atom. The van der Waals surface area contributed by atoms with E-state index in [2.05, 4.69) is 4.98 Å². The summed E-state index contributed by atoms with van der Waals surface area (Å²) in [7, 11) is 0. The van der Waals surface area contributed by atoms with Crippen LogP contribution in [0.15, 0.2) is 60.0 Å². The van der Waals surface area contributed by atoms with Crippen LogP contribution in [0.3, 0.4) is 0 Å². The Kier molecular flexibility index (Phi) is 5.74. The van der Waals surface area contributed by atoms with Crippen molar-refractivity contribution in [1.82, 2.24) is 4.98 Å². The van der Waals surface area contributed by atoms with Crippen molar-refractivity contribution in [2.24, 2.45) is 0 Å². The minimum Gasteiger partial charge on any atom is -0.461 e. The number of nitrogens with zero attached hydrogens (tertiary/aromatic N) is 2. The molecule has 5 nitrogen and oxygen atoms in total. The molecular weight excluding hydrogens is 360 g/mol. The van der Waals surface area contributed by atoms with Crippen LogP contribution in [0, 0.1) is 11.3 Å². The normalized spacial score (nSPS) is 11.4. The van der Waals surface area contributed by atoms with Gasteiger partial charge in [0.25, 0.3) is 0 Å².